The summed E-state index contributed by atoms with van der Waals surface area (Å²) in [5, 5.41) is 9.10. The highest BCUT2D eigenvalue weighted by atomic mass is 32.2. The number of sulfonamides is 1. The monoisotopic (exact) mass is 285 g/mol. The molecule has 19 heavy (non-hydrogen) atoms. The van der Waals surface area contributed by atoms with Crippen LogP contribution in [0.25, 0.3) is 0 Å². The fraction of sp³-hybridized carbons (Fsp3) is 0.462. The second-order valence-corrected chi connectivity index (χ2v) is 6.35. The molecule has 1 aromatic carbocycles. The van der Waals surface area contributed by atoms with E-state index in [9.17, 15) is 13.2 Å². The van der Waals surface area contributed by atoms with Gasteiger partial charge in [0.05, 0.1) is 4.90 Å². The molecule has 2 N–H and O–H groups in total. The first kappa shape index (κ1) is 15.7. The van der Waals surface area contributed by atoms with Crippen molar-refractivity contribution in [3.63, 3.8) is 0 Å². The molecule has 0 saturated carbocycles. The molecule has 0 bridgehead atoms. The van der Waals surface area contributed by atoms with Crippen molar-refractivity contribution in [3.05, 3.63) is 29.8 Å². The van der Waals surface area contributed by atoms with Gasteiger partial charge in [-0.25, -0.2) is 8.42 Å². The zero-order valence-corrected chi connectivity index (χ0v) is 12.1. The maximum Gasteiger partial charge on any atom is 0.322 e. The molecule has 0 aromatic heterocycles. The highest BCUT2D eigenvalue weighted by Crippen LogP contribution is 2.14. The zero-order valence-electron chi connectivity index (χ0n) is 11.3. The maximum absolute atomic E-state index is 12.1. The minimum atomic E-state index is -3.81. The van der Waals surface area contributed by atoms with Gasteiger partial charge in [0, 0.05) is 0 Å². The van der Waals surface area contributed by atoms with E-state index >= 15 is 0 Å². The Morgan fingerprint density at radius 1 is 1.32 bits per heavy atom. The van der Waals surface area contributed by atoms with Crippen LogP contribution in [-0.4, -0.2) is 25.5 Å². The van der Waals surface area contributed by atoms with Crippen molar-refractivity contribution in [1.29, 1.82) is 0 Å². The predicted molar refractivity (Wildman–Crippen MR) is 72.4 cm³/mol. The maximum atomic E-state index is 12.1. The first-order valence-electron chi connectivity index (χ1n) is 6.09. The number of carbonyl (C=O) groups is 1. The Bertz CT molecular complexity index is 536. The molecule has 2 atom stereocenters. The van der Waals surface area contributed by atoms with Crippen LogP contribution in [-0.2, 0) is 14.8 Å². The SMILES string of the molecule is CC[C@@H](C)[C@@H](NS(=O)(=O)c1ccc(C)cc1)C(=O)O. The predicted octanol–water partition coefficient (Wildman–Crippen LogP) is 1.77. The summed E-state index contributed by atoms with van der Waals surface area (Å²) < 4.78 is 26.5. The summed E-state index contributed by atoms with van der Waals surface area (Å²) in [7, 11) is -3.81. The van der Waals surface area contributed by atoms with E-state index in [-0.39, 0.29) is 10.8 Å². The Labute approximate surface area is 113 Å². The number of rotatable bonds is 6. The standard InChI is InChI=1S/C13H19NO4S/c1-4-10(3)12(13(15)16)14-19(17,18)11-7-5-9(2)6-8-11/h5-8,10,12,14H,4H2,1-3H3,(H,15,16)/t10-,12-/m1/s1. The molecule has 1 aromatic rings. The van der Waals surface area contributed by atoms with E-state index in [4.69, 9.17) is 5.11 Å². The van der Waals surface area contributed by atoms with Crippen LogP contribution < -0.4 is 4.72 Å². The van der Waals surface area contributed by atoms with Crippen molar-refractivity contribution >= 4 is 16.0 Å². The zero-order chi connectivity index (χ0) is 14.6. The van der Waals surface area contributed by atoms with Gasteiger partial charge in [-0.15, -0.1) is 0 Å². The quantitative estimate of drug-likeness (QED) is 0.834. The average molecular weight is 285 g/mol. The van der Waals surface area contributed by atoms with E-state index in [0.717, 1.165) is 5.56 Å². The lowest BCUT2D eigenvalue weighted by molar-refractivity contribution is -0.140. The van der Waals surface area contributed by atoms with Crippen molar-refractivity contribution in [2.24, 2.45) is 5.92 Å². The number of benzene rings is 1. The van der Waals surface area contributed by atoms with E-state index in [1.54, 1.807) is 19.1 Å². The number of nitrogens with one attached hydrogen (secondary N) is 1. The van der Waals surface area contributed by atoms with Crippen LogP contribution in [0.3, 0.4) is 0 Å². The van der Waals surface area contributed by atoms with Crippen molar-refractivity contribution in [2.75, 3.05) is 0 Å². The molecule has 0 radical (unpaired) electrons. The average Bonchev–Trinajstić information content (AvgIpc) is 2.35. The van der Waals surface area contributed by atoms with Gasteiger partial charge < -0.3 is 5.11 Å². The van der Waals surface area contributed by atoms with Crippen LogP contribution in [0.1, 0.15) is 25.8 Å². The molecule has 0 heterocycles. The molecule has 5 nitrogen and oxygen atoms in total. The largest absolute Gasteiger partial charge is 0.480 e. The molecule has 0 saturated heterocycles. The fourth-order valence-electron chi connectivity index (χ4n) is 1.60. The Balaban J connectivity index is 3.00. The summed E-state index contributed by atoms with van der Waals surface area (Å²) in [5.74, 6) is -1.44. The van der Waals surface area contributed by atoms with Gasteiger partial charge in [0.15, 0.2) is 0 Å². The van der Waals surface area contributed by atoms with Gasteiger partial charge in [0.25, 0.3) is 0 Å². The summed E-state index contributed by atoms with van der Waals surface area (Å²) in [6.07, 6.45) is 0.577. The lowest BCUT2D eigenvalue weighted by Crippen LogP contribution is -2.44. The van der Waals surface area contributed by atoms with Gasteiger partial charge in [-0.2, -0.15) is 4.72 Å². The molecule has 1 rings (SSSR count). The highest BCUT2D eigenvalue weighted by Gasteiger charge is 2.29. The van der Waals surface area contributed by atoms with Crippen LogP contribution >= 0.6 is 0 Å². The second-order valence-electron chi connectivity index (χ2n) is 4.64. The van der Waals surface area contributed by atoms with Gasteiger partial charge in [-0.05, 0) is 25.0 Å². The van der Waals surface area contributed by atoms with Crippen LogP contribution in [0.15, 0.2) is 29.2 Å². The molecule has 106 valence electrons. The van der Waals surface area contributed by atoms with E-state index in [2.05, 4.69) is 4.72 Å². The highest BCUT2D eigenvalue weighted by molar-refractivity contribution is 7.89. The Hall–Kier alpha value is -1.40. The number of carboxylic acid groups (broad SMARTS) is 1. The third-order valence-electron chi connectivity index (χ3n) is 3.09. The minimum absolute atomic E-state index is 0.0765. The lowest BCUT2D eigenvalue weighted by atomic mass is 10.0. The first-order valence-corrected chi connectivity index (χ1v) is 7.58. The smallest absolute Gasteiger partial charge is 0.322 e. The van der Waals surface area contributed by atoms with Gasteiger partial charge in [-0.3, -0.25) is 4.79 Å². The van der Waals surface area contributed by atoms with Crippen LogP contribution in [0.2, 0.25) is 0 Å². The molecule has 0 amide bonds. The molecular formula is C13H19NO4S. The number of carboxylic acids is 1. The lowest BCUT2D eigenvalue weighted by Gasteiger charge is -2.20. The summed E-state index contributed by atoms with van der Waals surface area (Å²) in [6.45, 7) is 5.38. The first-order chi connectivity index (χ1) is 8.77. The normalized spacial score (nSPS) is 14.9. The van der Waals surface area contributed by atoms with Gasteiger partial charge >= 0.3 is 5.97 Å². The Morgan fingerprint density at radius 2 is 1.84 bits per heavy atom. The molecule has 0 fully saturated rings. The van der Waals surface area contributed by atoms with Gasteiger partial charge in [0.1, 0.15) is 6.04 Å². The van der Waals surface area contributed by atoms with Gasteiger partial charge in [-0.1, -0.05) is 38.0 Å². The number of hydrogen-bond acceptors (Lipinski definition) is 3. The summed E-state index contributed by atoms with van der Waals surface area (Å²) in [5.41, 5.74) is 0.940. The summed E-state index contributed by atoms with van der Waals surface area (Å²) in [6, 6.07) is 5.16. The fourth-order valence-corrected chi connectivity index (χ4v) is 2.90. The summed E-state index contributed by atoms with van der Waals surface area (Å²) >= 11 is 0. The number of hydrogen-bond donors (Lipinski definition) is 2. The Kier molecular flexibility index (Phi) is 5.08. The molecular weight excluding hydrogens is 266 g/mol. The van der Waals surface area contributed by atoms with Gasteiger partial charge in [0.2, 0.25) is 10.0 Å². The number of aryl methyl sites for hydroxylation is 1. The van der Waals surface area contributed by atoms with E-state index in [1.807, 2.05) is 13.8 Å². The van der Waals surface area contributed by atoms with Crippen LogP contribution in [0.4, 0.5) is 0 Å². The Morgan fingerprint density at radius 3 is 2.26 bits per heavy atom. The third-order valence-corrected chi connectivity index (χ3v) is 4.55. The third kappa shape index (κ3) is 4.04. The number of aliphatic carboxylic acids is 1. The molecule has 0 aliphatic carbocycles. The molecule has 0 unspecified atom stereocenters. The second kappa shape index (κ2) is 6.16. The van der Waals surface area contributed by atoms with Crippen molar-refractivity contribution in [2.45, 2.75) is 38.1 Å². The van der Waals surface area contributed by atoms with Crippen LogP contribution in [0.5, 0.6) is 0 Å². The topological polar surface area (TPSA) is 83.5 Å². The minimum Gasteiger partial charge on any atom is -0.480 e. The van der Waals surface area contributed by atoms with Crippen LogP contribution in [0, 0.1) is 12.8 Å². The van der Waals surface area contributed by atoms with E-state index in [1.165, 1.54) is 12.1 Å². The summed E-state index contributed by atoms with van der Waals surface area (Å²) in [4.78, 5) is 11.2. The molecule has 0 spiro atoms. The molecule has 6 heteroatoms. The van der Waals surface area contributed by atoms with Crippen molar-refractivity contribution in [1.82, 2.24) is 4.72 Å². The van der Waals surface area contributed by atoms with E-state index < -0.39 is 22.0 Å². The van der Waals surface area contributed by atoms with E-state index in [0.29, 0.717) is 6.42 Å². The van der Waals surface area contributed by atoms with Crippen molar-refractivity contribution in [3.8, 4) is 0 Å². The molecule has 0 aliphatic heterocycles. The molecule has 0 aliphatic rings. The van der Waals surface area contributed by atoms with Crippen molar-refractivity contribution < 1.29 is 18.3 Å².